The van der Waals surface area contributed by atoms with Gasteiger partial charge >= 0.3 is 0 Å². The van der Waals surface area contributed by atoms with Crippen molar-refractivity contribution in [2.75, 3.05) is 12.8 Å². The molecule has 0 heterocycles. The fraction of sp³-hybridized carbons (Fsp3) is 0.125. The molecule has 0 fully saturated rings. The summed E-state index contributed by atoms with van der Waals surface area (Å²) in [5.41, 5.74) is 10.1. The first-order valence-electron chi connectivity index (χ1n) is 5.88. The third-order valence-corrected chi connectivity index (χ3v) is 2.87. The van der Waals surface area contributed by atoms with Gasteiger partial charge in [0.25, 0.3) is 0 Å². The number of hydrogen-bond acceptors (Lipinski definition) is 2. The summed E-state index contributed by atoms with van der Waals surface area (Å²) in [5, 5.41) is 0. The Balaban J connectivity index is 2.39. The quantitative estimate of drug-likeness (QED) is 0.652. The second-order valence-electron chi connectivity index (χ2n) is 4.19. The monoisotopic (exact) mass is 239 g/mol. The van der Waals surface area contributed by atoms with Gasteiger partial charge in [-0.1, -0.05) is 36.4 Å². The molecule has 0 spiro atoms. The molecule has 0 saturated heterocycles. The highest BCUT2D eigenvalue weighted by Crippen LogP contribution is 2.27. The minimum Gasteiger partial charge on any atom is -0.497 e. The molecular formula is C16H17NO. The van der Waals surface area contributed by atoms with Gasteiger partial charge in [-0.25, -0.2) is 0 Å². The SMILES string of the molecule is COc1ccc(N)c(/C(C)=C/c2ccccc2)c1. The Bertz CT molecular complexity index is 559. The molecule has 0 bridgehead atoms. The normalized spacial score (nSPS) is 11.3. The van der Waals surface area contributed by atoms with E-state index in [0.717, 1.165) is 28.1 Å². The molecule has 0 atom stereocenters. The third kappa shape index (κ3) is 2.72. The molecule has 0 aliphatic rings. The second kappa shape index (κ2) is 5.41. The molecule has 2 aromatic carbocycles. The Morgan fingerprint density at radius 1 is 1.11 bits per heavy atom. The van der Waals surface area contributed by atoms with Crippen LogP contribution in [0.3, 0.4) is 0 Å². The zero-order valence-corrected chi connectivity index (χ0v) is 10.7. The highest BCUT2D eigenvalue weighted by Gasteiger charge is 2.03. The number of nitrogens with two attached hydrogens (primary N) is 1. The summed E-state index contributed by atoms with van der Waals surface area (Å²) in [7, 11) is 1.66. The number of hydrogen-bond donors (Lipinski definition) is 1. The van der Waals surface area contributed by atoms with Crippen molar-refractivity contribution < 1.29 is 4.74 Å². The number of allylic oxidation sites excluding steroid dienone is 1. The zero-order chi connectivity index (χ0) is 13.0. The van der Waals surface area contributed by atoms with Crippen molar-refractivity contribution in [2.45, 2.75) is 6.92 Å². The average Bonchev–Trinajstić information content (AvgIpc) is 2.40. The van der Waals surface area contributed by atoms with E-state index in [2.05, 4.69) is 25.1 Å². The van der Waals surface area contributed by atoms with Crippen molar-refractivity contribution in [3.63, 3.8) is 0 Å². The third-order valence-electron chi connectivity index (χ3n) is 2.87. The summed E-state index contributed by atoms with van der Waals surface area (Å²) in [6.45, 7) is 2.05. The zero-order valence-electron chi connectivity index (χ0n) is 10.7. The molecule has 0 saturated carbocycles. The molecule has 2 heteroatoms. The van der Waals surface area contributed by atoms with Gasteiger partial charge in [-0.05, 0) is 36.3 Å². The maximum atomic E-state index is 6.00. The van der Waals surface area contributed by atoms with Gasteiger partial charge in [0.1, 0.15) is 5.75 Å². The lowest BCUT2D eigenvalue weighted by Gasteiger charge is -2.08. The van der Waals surface area contributed by atoms with Crippen LogP contribution >= 0.6 is 0 Å². The van der Waals surface area contributed by atoms with E-state index in [0.29, 0.717) is 0 Å². The Labute approximate surface area is 108 Å². The van der Waals surface area contributed by atoms with Crippen molar-refractivity contribution in [1.29, 1.82) is 0 Å². The first-order valence-corrected chi connectivity index (χ1v) is 5.88. The van der Waals surface area contributed by atoms with Gasteiger partial charge in [0, 0.05) is 11.3 Å². The van der Waals surface area contributed by atoms with E-state index in [1.54, 1.807) is 7.11 Å². The average molecular weight is 239 g/mol. The maximum absolute atomic E-state index is 6.00. The molecule has 92 valence electrons. The molecule has 2 N–H and O–H groups in total. The molecule has 0 unspecified atom stereocenters. The first kappa shape index (κ1) is 12.2. The smallest absolute Gasteiger partial charge is 0.119 e. The van der Waals surface area contributed by atoms with E-state index < -0.39 is 0 Å². The van der Waals surface area contributed by atoms with Crippen molar-refractivity contribution in [2.24, 2.45) is 0 Å². The van der Waals surface area contributed by atoms with E-state index in [1.807, 2.05) is 36.4 Å². The summed E-state index contributed by atoms with van der Waals surface area (Å²) in [5.74, 6) is 0.819. The Morgan fingerprint density at radius 2 is 1.83 bits per heavy atom. The van der Waals surface area contributed by atoms with Gasteiger partial charge in [-0.3, -0.25) is 0 Å². The van der Waals surface area contributed by atoms with Crippen LogP contribution in [-0.2, 0) is 0 Å². The predicted molar refractivity (Wildman–Crippen MR) is 77.4 cm³/mol. The summed E-state index contributed by atoms with van der Waals surface area (Å²) in [6.07, 6.45) is 2.12. The fourth-order valence-corrected chi connectivity index (χ4v) is 1.88. The molecule has 2 nitrogen and oxygen atoms in total. The van der Waals surface area contributed by atoms with Crippen molar-refractivity contribution in [3.8, 4) is 5.75 Å². The highest BCUT2D eigenvalue weighted by molar-refractivity contribution is 5.85. The summed E-state index contributed by atoms with van der Waals surface area (Å²) >= 11 is 0. The number of benzene rings is 2. The lowest BCUT2D eigenvalue weighted by atomic mass is 10.0. The maximum Gasteiger partial charge on any atom is 0.119 e. The molecule has 0 aliphatic carbocycles. The summed E-state index contributed by atoms with van der Waals surface area (Å²) in [4.78, 5) is 0. The highest BCUT2D eigenvalue weighted by atomic mass is 16.5. The van der Waals surface area contributed by atoms with E-state index in [4.69, 9.17) is 10.5 Å². The number of rotatable bonds is 3. The lowest BCUT2D eigenvalue weighted by molar-refractivity contribution is 0.415. The van der Waals surface area contributed by atoms with Gasteiger partial charge in [0.15, 0.2) is 0 Å². The standard InChI is InChI=1S/C16H17NO/c1-12(10-13-6-4-3-5-7-13)15-11-14(18-2)8-9-16(15)17/h3-11H,17H2,1-2H3/b12-10+. The largest absolute Gasteiger partial charge is 0.497 e. The van der Waals surface area contributed by atoms with E-state index >= 15 is 0 Å². The van der Waals surface area contributed by atoms with Crippen LogP contribution in [0.25, 0.3) is 11.6 Å². The molecule has 2 rings (SSSR count). The number of methoxy groups -OCH3 is 1. The molecule has 18 heavy (non-hydrogen) atoms. The van der Waals surface area contributed by atoms with Crippen LogP contribution in [0.15, 0.2) is 48.5 Å². The summed E-state index contributed by atoms with van der Waals surface area (Å²) < 4.78 is 5.23. The van der Waals surface area contributed by atoms with Gasteiger partial charge < -0.3 is 10.5 Å². The van der Waals surface area contributed by atoms with Crippen molar-refractivity contribution in [3.05, 3.63) is 59.7 Å². The van der Waals surface area contributed by atoms with Crippen LogP contribution in [0.2, 0.25) is 0 Å². The molecule has 0 aromatic heterocycles. The molecule has 0 aliphatic heterocycles. The number of nitrogen functional groups attached to an aromatic ring is 1. The van der Waals surface area contributed by atoms with Crippen LogP contribution in [0.4, 0.5) is 5.69 Å². The van der Waals surface area contributed by atoms with Gasteiger partial charge in [-0.2, -0.15) is 0 Å². The number of anilines is 1. The predicted octanol–water partition coefficient (Wildman–Crippen LogP) is 3.84. The minimum atomic E-state index is 0.764. The van der Waals surface area contributed by atoms with Crippen LogP contribution in [0.5, 0.6) is 5.75 Å². The van der Waals surface area contributed by atoms with Crippen LogP contribution in [0, 0.1) is 0 Å². The van der Waals surface area contributed by atoms with E-state index in [9.17, 15) is 0 Å². The van der Waals surface area contributed by atoms with Crippen molar-refractivity contribution in [1.82, 2.24) is 0 Å². The first-order chi connectivity index (χ1) is 8.70. The molecule has 0 amide bonds. The second-order valence-corrected chi connectivity index (χ2v) is 4.19. The van der Waals surface area contributed by atoms with Crippen LogP contribution < -0.4 is 10.5 Å². The Kier molecular flexibility index (Phi) is 3.68. The Hall–Kier alpha value is -2.22. The summed E-state index contributed by atoms with van der Waals surface area (Å²) in [6, 6.07) is 15.9. The van der Waals surface area contributed by atoms with Crippen LogP contribution in [-0.4, -0.2) is 7.11 Å². The van der Waals surface area contributed by atoms with Crippen LogP contribution in [0.1, 0.15) is 18.1 Å². The van der Waals surface area contributed by atoms with E-state index in [1.165, 1.54) is 0 Å². The Morgan fingerprint density at radius 3 is 2.50 bits per heavy atom. The van der Waals surface area contributed by atoms with Gasteiger partial charge in [0.05, 0.1) is 7.11 Å². The lowest BCUT2D eigenvalue weighted by Crippen LogP contribution is -1.93. The topological polar surface area (TPSA) is 35.2 Å². The minimum absolute atomic E-state index is 0.764. The van der Waals surface area contributed by atoms with Gasteiger partial charge in [0.2, 0.25) is 0 Å². The molecule has 2 aromatic rings. The van der Waals surface area contributed by atoms with Crippen molar-refractivity contribution >= 4 is 17.3 Å². The fourth-order valence-electron chi connectivity index (χ4n) is 1.88. The van der Waals surface area contributed by atoms with E-state index in [-0.39, 0.29) is 0 Å². The number of ether oxygens (including phenoxy) is 1. The molecule has 0 radical (unpaired) electrons. The molecular weight excluding hydrogens is 222 g/mol. The van der Waals surface area contributed by atoms with Gasteiger partial charge in [-0.15, -0.1) is 0 Å².